The van der Waals surface area contributed by atoms with Crippen LogP contribution in [0.4, 0.5) is 0 Å². The summed E-state index contributed by atoms with van der Waals surface area (Å²) in [5.74, 6) is 0.716. The molecule has 8 nitrogen and oxygen atoms in total. The summed E-state index contributed by atoms with van der Waals surface area (Å²) in [6.45, 7) is 0.920. The molecule has 0 aliphatic heterocycles. The van der Waals surface area contributed by atoms with Crippen LogP contribution in [0.2, 0.25) is 0 Å². The van der Waals surface area contributed by atoms with Gasteiger partial charge in [0.1, 0.15) is 5.75 Å². The highest BCUT2D eigenvalue weighted by molar-refractivity contribution is 7.86. The summed E-state index contributed by atoms with van der Waals surface area (Å²) < 4.78 is 43.5. The highest BCUT2D eigenvalue weighted by atomic mass is 32.2. The first kappa shape index (κ1) is 22.5. The third kappa shape index (κ3) is 6.65. The van der Waals surface area contributed by atoms with E-state index in [2.05, 4.69) is 0 Å². The van der Waals surface area contributed by atoms with Crippen molar-refractivity contribution >= 4 is 16.0 Å². The Kier molecular flexibility index (Phi) is 7.86. The van der Waals surface area contributed by atoms with Crippen LogP contribution >= 0.6 is 0 Å². The van der Waals surface area contributed by atoms with Gasteiger partial charge in [0.25, 0.3) is 5.91 Å². The zero-order chi connectivity index (χ0) is 21.4. The minimum atomic E-state index is -3.73. The number of carbonyl (C=O) groups excluding carboxylic acids is 1. The number of hydrogen-bond acceptors (Lipinski definition) is 7. The summed E-state index contributed by atoms with van der Waals surface area (Å²) in [7, 11) is 0.777. The Bertz CT molecular complexity index is 944. The number of hydrogen-bond donors (Lipinski definition) is 0. The molecule has 0 spiro atoms. The Morgan fingerprint density at radius 2 is 1.76 bits per heavy atom. The molecule has 0 saturated carbocycles. The second kappa shape index (κ2) is 10.1. The van der Waals surface area contributed by atoms with Crippen LogP contribution in [0.3, 0.4) is 0 Å². The summed E-state index contributed by atoms with van der Waals surface area (Å²) >= 11 is 0. The van der Waals surface area contributed by atoms with Crippen LogP contribution in [-0.4, -0.2) is 60.0 Å². The molecule has 0 bridgehead atoms. The molecular formula is C20H25NO7S. The van der Waals surface area contributed by atoms with Crippen molar-refractivity contribution < 1.29 is 31.6 Å². The lowest BCUT2D eigenvalue weighted by Crippen LogP contribution is -2.33. The maximum Gasteiger partial charge on any atom is 0.306 e. The number of carbonyl (C=O) groups is 1. The van der Waals surface area contributed by atoms with E-state index in [-0.39, 0.29) is 24.0 Å². The molecule has 2 aromatic rings. The van der Waals surface area contributed by atoms with Gasteiger partial charge in [-0.05, 0) is 35.9 Å². The van der Waals surface area contributed by atoms with Crippen LogP contribution in [0.15, 0.2) is 42.5 Å². The lowest BCUT2D eigenvalue weighted by Gasteiger charge is -2.23. The number of nitrogens with zero attached hydrogens (tertiary/aromatic N) is 1. The molecule has 29 heavy (non-hydrogen) atoms. The molecule has 0 radical (unpaired) electrons. The minimum Gasteiger partial charge on any atom is -0.497 e. The van der Waals surface area contributed by atoms with E-state index in [0.717, 1.165) is 6.26 Å². The van der Waals surface area contributed by atoms with E-state index < -0.39 is 10.1 Å². The Balaban J connectivity index is 2.31. The summed E-state index contributed by atoms with van der Waals surface area (Å²) in [4.78, 5) is 14.6. The third-order valence-corrected chi connectivity index (χ3v) is 4.49. The van der Waals surface area contributed by atoms with E-state index in [4.69, 9.17) is 18.4 Å². The molecule has 2 rings (SSSR count). The highest BCUT2D eigenvalue weighted by Gasteiger charge is 2.18. The van der Waals surface area contributed by atoms with Crippen LogP contribution in [0.1, 0.15) is 15.9 Å². The van der Waals surface area contributed by atoms with Gasteiger partial charge >= 0.3 is 10.1 Å². The molecule has 2 aromatic carbocycles. The van der Waals surface area contributed by atoms with Crippen molar-refractivity contribution in [3.63, 3.8) is 0 Å². The van der Waals surface area contributed by atoms with Gasteiger partial charge in [-0.1, -0.05) is 12.1 Å². The maximum atomic E-state index is 13.0. The van der Waals surface area contributed by atoms with E-state index in [1.165, 1.54) is 14.2 Å². The zero-order valence-corrected chi connectivity index (χ0v) is 17.7. The smallest absolute Gasteiger partial charge is 0.306 e. The van der Waals surface area contributed by atoms with Gasteiger partial charge in [-0.2, -0.15) is 8.42 Å². The van der Waals surface area contributed by atoms with Gasteiger partial charge < -0.3 is 23.3 Å². The quantitative estimate of drug-likeness (QED) is 0.542. The first-order valence-electron chi connectivity index (χ1n) is 8.76. The van der Waals surface area contributed by atoms with Crippen molar-refractivity contribution in [2.24, 2.45) is 0 Å². The topological polar surface area (TPSA) is 91.4 Å². The average Bonchev–Trinajstić information content (AvgIpc) is 2.69. The van der Waals surface area contributed by atoms with Gasteiger partial charge in [-0.15, -0.1) is 0 Å². The fraction of sp³-hybridized carbons (Fsp3) is 0.350. The second-order valence-electron chi connectivity index (χ2n) is 6.22. The van der Waals surface area contributed by atoms with Crippen LogP contribution < -0.4 is 13.7 Å². The van der Waals surface area contributed by atoms with E-state index in [1.807, 2.05) is 0 Å². The molecule has 9 heteroatoms. The van der Waals surface area contributed by atoms with Gasteiger partial charge in [0.15, 0.2) is 11.5 Å². The zero-order valence-electron chi connectivity index (χ0n) is 16.9. The molecule has 0 aliphatic carbocycles. The van der Waals surface area contributed by atoms with Crippen molar-refractivity contribution in [2.45, 2.75) is 6.54 Å². The van der Waals surface area contributed by atoms with Crippen molar-refractivity contribution in [2.75, 3.05) is 40.7 Å². The number of rotatable bonds is 10. The fourth-order valence-electron chi connectivity index (χ4n) is 2.66. The van der Waals surface area contributed by atoms with Gasteiger partial charge in [0.2, 0.25) is 0 Å². The van der Waals surface area contributed by atoms with Gasteiger partial charge in [-0.3, -0.25) is 4.79 Å². The van der Waals surface area contributed by atoms with Gasteiger partial charge in [0, 0.05) is 25.8 Å². The summed E-state index contributed by atoms with van der Waals surface area (Å²) in [5.41, 5.74) is 1.15. The van der Waals surface area contributed by atoms with Gasteiger partial charge in [0.05, 0.1) is 27.1 Å². The molecule has 1 amide bonds. The lowest BCUT2D eigenvalue weighted by molar-refractivity contribution is 0.0680. The van der Waals surface area contributed by atoms with Crippen LogP contribution in [0.5, 0.6) is 17.2 Å². The molecule has 0 fully saturated rings. The van der Waals surface area contributed by atoms with E-state index in [1.54, 1.807) is 54.5 Å². The molecule has 0 aromatic heterocycles. The monoisotopic (exact) mass is 423 g/mol. The minimum absolute atomic E-state index is 0.0630. The van der Waals surface area contributed by atoms with E-state index >= 15 is 0 Å². The largest absolute Gasteiger partial charge is 0.497 e. The maximum absolute atomic E-state index is 13.0. The Hall–Kier alpha value is -2.78. The van der Waals surface area contributed by atoms with Crippen LogP contribution in [0, 0.1) is 0 Å². The third-order valence-electron chi connectivity index (χ3n) is 4.01. The summed E-state index contributed by atoms with van der Waals surface area (Å²) in [6.07, 6.45) is 0.955. The average molecular weight is 423 g/mol. The Morgan fingerprint density at radius 3 is 2.38 bits per heavy atom. The van der Waals surface area contributed by atoms with Gasteiger partial charge in [-0.25, -0.2) is 0 Å². The molecule has 0 unspecified atom stereocenters. The number of methoxy groups -OCH3 is 3. The molecule has 0 heterocycles. The predicted molar refractivity (Wildman–Crippen MR) is 108 cm³/mol. The molecule has 0 saturated heterocycles. The van der Waals surface area contributed by atoms with Crippen LogP contribution in [-0.2, 0) is 21.4 Å². The molecule has 158 valence electrons. The van der Waals surface area contributed by atoms with Crippen LogP contribution in [0.25, 0.3) is 0 Å². The van der Waals surface area contributed by atoms with Crippen molar-refractivity contribution in [1.82, 2.24) is 4.90 Å². The molecule has 0 atom stereocenters. The SMILES string of the molecule is COCCN(Cc1ccc(OC)c(OS(C)(=O)=O)c1)C(=O)c1cccc(OC)c1. The molecular weight excluding hydrogens is 398 g/mol. The number of benzene rings is 2. The van der Waals surface area contributed by atoms with Crippen molar-refractivity contribution in [3.8, 4) is 17.2 Å². The van der Waals surface area contributed by atoms with E-state index in [9.17, 15) is 13.2 Å². The fourth-order valence-corrected chi connectivity index (χ4v) is 3.12. The van der Waals surface area contributed by atoms with Crippen molar-refractivity contribution in [1.29, 1.82) is 0 Å². The first-order valence-corrected chi connectivity index (χ1v) is 10.6. The standard InChI is InChI=1S/C20H25NO7S/c1-25-11-10-21(20(22)16-6-5-7-17(13-16)26-2)14-15-8-9-18(27-3)19(12-15)28-29(4,23)24/h5-9,12-13H,10-11,14H2,1-4H3. The van der Waals surface area contributed by atoms with E-state index in [0.29, 0.717) is 30.0 Å². The lowest BCUT2D eigenvalue weighted by atomic mass is 10.1. The number of amides is 1. The summed E-state index contributed by atoms with van der Waals surface area (Å²) in [5, 5.41) is 0. The Labute approximate surface area is 171 Å². The normalized spacial score (nSPS) is 11.0. The van der Waals surface area contributed by atoms with Crippen molar-refractivity contribution in [3.05, 3.63) is 53.6 Å². The molecule has 0 N–H and O–H groups in total. The highest BCUT2D eigenvalue weighted by Crippen LogP contribution is 2.30. The second-order valence-corrected chi connectivity index (χ2v) is 7.80. The first-order chi connectivity index (χ1) is 13.8. The predicted octanol–water partition coefficient (Wildman–Crippen LogP) is 2.33. The summed E-state index contributed by atoms with van der Waals surface area (Å²) in [6, 6.07) is 11.7. The number of ether oxygens (including phenoxy) is 3. The Morgan fingerprint density at radius 1 is 1.00 bits per heavy atom. The molecule has 0 aliphatic rings.